The maximum Gasteiger partial charge on any atom is 0.257 e. The monoisotopic (exact) mass is 485 g/mol. The van der Waals surface area contributed by atoms with Crippen LogP contribution in [-0.2, 0) is 4.79 Å². The molecule has 4 rings (SSSR count). The smallest absolute Gasteiger partial charge is 0.257 e. The highest BCUT2D eigenvalue weighted by Gasteiger charge is 2.31. The summed E-state index contributed by atoms with van der Waals surface area (Å²) in [5, 5.41) is 7.59. The molecule has 0 bridgehead atoms. The molecule has 2 unspecified atom stereocenters. The van der Waals surface area contributed by atoms with Crippen LogP contribution in [0.2, 0.25) is 0 Å². The number of nitrogens with one attached hydrogen (secondary N) is 1. The third-order valence-corrected chi connectivity index (χ3v) is 5.50. The van der Waals surface area contributed by atoms with Crippen LogP contribution in [0.3, 0.4) is 0 Å². The van der Waals surface area contributed by atoms with Crippen molar-refractivity contribution in [2.45, 2.75) is 38.6 Å². The molecule has 0 aliphatic rings. The van der Waals surface area contributed by atoms with Gasteiger partial charge in [-0.15, -0.1) is 0 Å². The van der Waals surface area contributed by atoms with Crippen LogP contribution in [-0.4, -0.2) is 27.4 Å². The molecule has 0 fully saturated rings. The molecule has 0 aliphatic heterocycles. The highest BCUT2D eigenvalue weighted by molar-refractivity contribution is 5.84. The maximum atomic E-state index is 14.1. The highest BCUT2D eigenvalue weighted by Crippen LogP contribution is 2.30. The van der Waals surface area contributed by atoms with Gasteiger partial charge in [0.05, 0.1) is 23.4 Å². The van der Waals surface area contributed by atoms with Crippen molar-refractivity contribution in [3.8, 4) is 11.4 Å². The Balaban J connectivity index is 1.66. The first-order chi connectivity index (χ1) is 16.5. The zero-order chi connectivity index (χ0) is 25.3. The Labute approximate surface area is 199 Å². The van der Waals surface area contributed by atoms with E-state index in [0.717, 1.165) is 31.5 Å². The zero-order valence-electron chi connectivity index (χ0n) is 19.2. The van der Waals surface area contributed by atoms with Crippen LogP contribution in [0.15, 0.2) is 66.9 Å². The number of alkyl halides is 1. The Morgan fingerprint density at radius 1 is 1.00 bits per heavy atom. The van der Waals surface area contributed by atoms with Crippen molar-refractivity contribution in [3.63, 3.8) is 0 Å². The van der Waals surface area contributed by atoms with E-state index >= 15 is 0 Å². The number of carbonyl (C=O) groups excluding carboxylic acids is 1. The van der Waals surface area contributed by atoms with Crippen LogP contribution in [0.4, 0.5) is 17.6 Å². The van der Waals surface area contributed by atoms with Gasteiger partial charge in [0.15, 0.2) is 17.3 Å². The summed E-state index contributed by atoms with van der Waals surface area (Å²) in [5.74, 6) is -2.95. The average Bonchev–Trinajstić information content (AvgIpc) is 3.22. The number of nitrogens with zero attached hydrogens (tertiary/aromatic N) is 2. The Kier molecular flexibility index (Phi) is 6.51. The van der Waals surface area contributed by atoms with E-state index in [-0.39, 0.29) is 11.4 Å². The highest BCUT2D eigenvalue weighted by atomic mass is 19.2. The maximum absolute atomic E-state index is 14.1. The molecule has 0 saturated heterocycles. The summed E-state index contributed by atoms with van der Waals surface area (Å²) in [6, 6.07) is 13.5. The molecule has 0 aliphatic carbocycles. The van der Waals surface area contributed by atoms with E-state index in [1.54, 1.807) is 48.1 Å². The minimum atomic E-state index is -2.14. The van der Waals surface area contributed by atoms with Crippen LogP contribution in [0, 0.1) is 17.5 Å². The molecule has 4 aromatic rings. The summed E-state index contributed by atoms with van der Waals surface area (Å²) in [7, 11) is 0. The lowest BCUT2D eigenvalue weighted by Crippen LogP contribution is -2.46. The number of hydrogen-bond acceptors (Lipinski definition) is 3. The summed E-state index contributed by atoms with van der Waals surface area (Å²) < 4.78 is 62.6. The van der Waals surface area contributed by atoms with Gasteiger partial charge >= 0.3 is 0 Å². The van der Waals surface area contributed by atoms with E-state index in [1.807, 2.05) is 0 Å². The van der Waals surface area contributed by atoms with Crippen LogP contribution in [0.25, 0.3) is 16.6 Å². The number of fused-ring (bicyclic) bond motifs is 1. The van der Waals surface area contributed by atoms with Gasteiger partial charge in [0, 0.05) is 5.39 Å². The third-order valence-electron chi connectivity index (χ3n) is 5.50. The van der Waals surface area contributed by atoms with Crippen molar-refractivity contribution in [2.75, 3.05) is 0 Å². The molecule has 1 amide bonds. The molecule has 182 valence electrons. The van der Waals surface area contributed by atoms with Gasteiger partial charge in [0.2, 0.25) is 0 Å². The normalized spacial score (nSPS) is 13.5. The topological polar surface area (TPSA) is 56.1 Å². The van der Waals surface area contributed by atoms with Gasteiger partial charge in [0.25, 0.3) is 5.91 Å². The van der Waals surface area contributed by atoms with E-state index in [1.165, 1.54) is 18.2 Å². The molecule has 5 nitrogen and oxygen atoms in total. The summed E-state index contributed by atoms with van der Waals surface area (Å²) >= 11 is 0. The second kappa shape index (κ2) is 9.40. The van der Waals surface area contributed by atoms with Crippen LogP contribution in [0.1, 0.15) is 32.4 Å². The Morgan fingerprint density at radius 2 is 1.71 bits per heavy atom. The summed E-state index contributed by atoms with van der Waals surface area (Å²) in [6.07, 6.45) is 0.649. The first kappa shape index (κ1) is 24.3. The standard InChI is InChI=1S/C26H23F4N3O2/c1-15(32-25(34)26(2,3)30)24(16-4-10-21(28)22(29)13-16)35-20-9-11-23-17(12-20)14-31-33(23)19-7-5-18(27)6-8-19/h4-15,24H,1-3H3,(H,32,34). The van der Waals surface area contributed by atoms with E-state index in [0.29, 0.717) is 16.8 Å². The van der Waals surface area contributed by atoms with Crippen molar-refractivity contribution in [1.29, 1.82) is 0 Å². The lowest BCUT2D eigenvalue weighted by atomic mass is 10.0. The number of ether oxygens (including phenoxy) is 1. The second-order valence-electron chi connectivity index (χ2n) is 8.70. The fourth-order valence-electron chi connectivity index (χ4n) is 3.62. The van der Waals surface area contributed by atoms with Crippen molar-refractivity contribution in [2.24, 2.45) is 0 Å². The van der Waals surface area contributed by atoms with Gasteiger partial charge in [-0.05, 0) is 80.9 Å². The molecule has 9 heteroatoms. The Bertz CT molecular complexity index is 1360. The second-order valence-corrected chi connectivity index (χ2v) is 8.70. The molecule has 1 aromatic heterocycles. The van der Waals surface area contributed by atoms with Crippen LogP contribution >= 0.6 is 0 Å². The molecule has 0 radical (unpaired) electrons. The Hall–Kier alpha value is -3.88. The number of benzene rings is 3. The summed E-state index contributed by atoms with van der Waals surface area (Å²) in [5.41, 5.74) is -0.481. The molecular formula is C26H23F4N3O2. The zero-order valence-corrected chi connectivity index (χ0v) is 19.2. The van der Waals surface area contributed by atoms with E-state index in [4.69, 9.17) is 4.74 Å². The quantitative estimate of drug-likeness (QED) is 0.336. The van der Waals surface area contributed by atoms with Crippen LogP contribution < -0.4 is 10.1 Å². The predicted octanol–water partition coefficient (Wildman–Crippen LogP) is 5.82. The third kappa shape index (κ3) is 5.29. The molecule has 1 heterocycles. The SMILES string of the molecule is CC(NC(=O)C(C)(C)F)C(Oc1ccc2c(cnn2-c2ccc(F)cc2)c1)c1ccc(F)c(F)c1. The number of carbonyl (C=O) groups is 1. The number of hydrogen-bond donors (Lipinski definition) is 1. The van der Waals surface area contributed by atoms with Crippen molar-refractivity contribution < 1.29 is 27.1 Å². The minimum Gasteiger partial charge on any atom is -0.484 e. The molecule has 3 aromatic carbocycles. The lowest BCUT2D eigenvalue weighted by molar-refractivity contribution is -0.132. The van der Waals surface area contributed by atoms with Gasteiger partial charge in [0.1, 0.15) is 17.7 Å². The number of aromatic nitrogens is 2. The number of halogens is 4. The molecular weight excluding hydrogens is 462 g/mol. The lowest BCUT2D eigenvalue weighted by Gasteiger charge is -2.28. The van der Waals surface area contributed by atoms with Gasteiger partial charge in [-0.25, -0.2) is 22.2 Å². The molecule has 0 spiro atoms. The van der Waals surface area contributed by atoms with Gasteiger partial charge in [-0.2, -0.15) is 5.10 Å². The number of rotatable bonds is 7. The largest absolute Gasteiger partial charge is 0.484 e. The fraction of sp³-hybridized carbons (Fsp3) is 0.231. The molecule has 2 atom stereocenters. The summed E-state index contributed by atoms with van der Waals surface area (Å²) in [6.45, 7) is 3.82. The summed E-state index contributed by atoms with van der Waals surface area (Å²) in [4.78, 5) is 12.2. The molecule has 35 heavy (non-hydrogen) atoms. The molecule has 0 saturated carbocycles. The first-order valence-corrected chi connectivity index (χ1v) is 10.9. The number of amides is 1. The average molecular weight is 485 g/mol. The van der Waals surface area contributed by atoms with Gasteiger partial charge < -0.3 is 10.1 Å². The first-order valence-electron chi connectivity index (χ1n) is 10.9. The molecule has 1 N–H and O–H groups in total. The van der Waals surface area contributed by atoms with E-state index in [9.17, 15) is 22.4 Å². The fourth-order valence-corrected chi connectivity index (χ4v) is 3.62. The van der Waals surface area contributed by atoms with E-state index < -0.39 is 35.4 Å². The van der Waals surface area contributed by atoms with Crippen molar-refractivity contribution >= 4 is 16.8 Å². The minimum absolute atomic E-state index is 0.260. The van der Waals surface area contributed by atoms with Crippen LogP contribution in [0.5, 0.6) is 5.75 Å². The van der Waals surface area contributed by atoms with Crippen molar-refractivity contribution in [3.05, 3.63) is 89.9 Å². The van der Waals surface area contributed by atoms with E-state index in [2.05, 4.69) is 10.4 Å². The van der Waals surface area contributed by atoms with Gasteiger partial charge in [-0.3, -0.25) is 4.79 Å². The Morgan fingerprint density at radius 3 is 2.37 bits per heavy atom. The van der Waals surface area contributed by atoms with Crippen molar-refractivity contribution in [1.82, 2.24) is 15.1 Å². The predicted molar refractivity (Wildman–Crippen MR) is 124 cm³/mol. The van der Waals surface area contributed by atoms with Gasteiger partial charge in [-0.1, -0.05) is 6.07 Å².